The Labute approximate surface area is 415 Å². The first-order valence-electron chi connectivity index (χ1n) is 25.1. The monoisotopic (exact) mass is 1010 g/mol. The van der Waals surface area contributed by atoms with Crippen molar-refractivity contribution < 1.29 is 42.2 Å². The Hall–Kier alpha value is -5.05. The van der Waals surface area contributed by atoms with Gasteiger partial charge in [-0.2, -0.15) is 17.0 Å². The van der Waals surface area contributed by atoms with E-state index < -0.39 is 75.1 Å². The number of thiazole rings is 1. The summed E-state index contributed by atoms with van der Waals surface area (Å²) in [5.41, 5.74) is -0.147. The molecule has 0 radical (unpaired) electrons. The van der Waals surface area contributed by atoms with E-state index in [1.807, 2.05) is 51.3 Å². The predicted octanol–water partition coefficient (Wildman–Crippen LogP) is 6.68. The largest absolute Gasteiger partial charge is 0.497 e. The maximum atomic E-state index is 15.2. The number of carbonyl (C=O) groups is 4. The lowest BCUT2D eigenvalue weighted by Gasteiger charge is -2.45. The Kier molecular flexibility index (Phi) is 15.6. The van der Waals surface area contributed by atoms with Gasteiger partial charge in [0.15, 0.2) is 5.13 Å². The number of aliphatic carboxylic acids is 1. The van der Waals surface area contributed by atoms with Crippen molar-refractivity contribution in [2.24, 2.45) is 11.3 Å². The van der Waals surface area contributed by atoms with E-state index in [0.717, 1.165) is 50.1 Å². The first kappa shape index (κ1) is 51.3. The summed E-state index contributed by atoms with van der Waals surface area (Å²) in [5, 5.41) is 26.2. The molecule has 382 valence electrons. The highest BCUT2D eigenvalue weighted by Gasteiger charge is 2.61. The van der Waals surface area contributed by atoms with Crippen LogP contribution >= 0.6 is 11.3 Å². The van der Waals surface area contributed by atoms with Crippen molar-refractivity contribution in [2.75, 3.05) is 38.6 Å². The van der Waals surface area contributed by atoms with E-state index in [-0.39, 0.29) is 44.4 Å². The number of carbonyl (C=O) groups excluding carboxylic acids is 3. The molecular weight excluding hydrogens is 935 g/mol. The molecule has 5 aliphatic rings. The van der Waals surface area contributed by atoms with Gasteiger partial charge in [0.25, 0.3) is 10.2 Å². The Morgan fingerprint density at radius 3 is 2.50 bits per heavy atom. The molecular formula is C50H71N9O9S2. The van der Waals surface area contributed by atoms with Crippen LogP contribution in [0.4, 0.5) is 9.93 Å². The van der Waals surface area contributed by atoms with Crippen LogP contribution in [0.2, 0.25) is 0 Å². The number of carboxylic acids is 1. The van der Waals surface area contributed by atoms with Gasteiger partial charge in [-0.15, -0.1) is 11.3 Å². The minimum Gasteiger partial charge on any atom is -0.497 e. The highest BCUT2D eigenvalue weighted by molar-refractivity contribution is 7.86. The maximum absolute atomic E-state index is 15.2. The number of hydrogen-bond donors (Lipinski definition) is 5. The fourth-order valence-corrected chi connectivity index (χ4v) is 13.5. The zero-order chi connectivity index (χ0) is 50.0. The van der Waals surface area contributed by atoms with Gasteiger partial charge in [0, 0.05) is 73.0 Å². The molecule has 6 atom stereocenters. The number of benzene rings is 1. The summed E-state index contributed by atoms with van der Waals surface area (Å²) in [6.45, 7) is 10.7. The lowest BCUT2D eigenvalue weighted by molar-refractivity contribution is -0.145. The van der Waals surface area contributed by atoms with E-state index in [1.165, 1.54) is 24.8 Å². The summed E-state index contributed by atoms with van der Waals surface area (Å²) in [6.07, 6.45) is 11.7. The minimum atomic E-state index is -3.79. The number of rotatable bonds is 13. The number of pyridine rings is 1. The Balaban J connectivity index is 1.09. The molecule has 0 bridgehead atoms. The third kappa shape index (κ3) is 11.2. The SMILES string of the molecule is COc1ccc2c(O[C@@H]3C[C@H]4C(=O)N[C@]5(C(=O)O)CC5/C=C\CCCCC[C@@H](NC(=O)N[C@H](CN5CCCN(C(C)C)S5(=O)=O)C5(C)CCCCC5)C(=O)N4C3)cc(-c3csc(NC(C)C)n3)nc2c1. The fraction of sp³-hybridized carbons (Fsp3) is 0.640. The normalized spacial score (nSPS) is 27.3. The summed E-state index contributed by atoms with van der Waals surface area (Å²) < 4.78 is 43.2. The van der Waals surface area contributed by atoms with Crippen molar-refractivity contribution >= 4 is 61.4 Å². The summed E-state index contributed by atoms with van der Waals surface area (Å²) in [6, 6.07) is 3.87. The quantitative estimate of drug-likeness (QED) is 0.113. The lowest BCUT2D eigenvalue weighted by atomic mass is 9.70. The summed E-state index contributed by atoms with van der Waals surface area (Å²) in [5.74, 6) is -1.60. The van der Waals surface area contributed by atoms with Crippen molar-refractivity contribution in [1.82, 2.24) is 39.4 Å². The fourth-order valence-electron chi connectivity index (χ4n) is 10.8. The first-order valence-corrected chi connectivity index (χ1v) is 27.4. The molecule has 70 heavy (non-hydrogen) atoms. The van der Waals surface area contributed by atoms with Gasteiger partial charge in [0.2, 0.25) is 11.8 Å². The van der Waals surface area contributed by atoms with Crippen molar-refractivity contribution in [3.05, 3.63) is 41.8 Å². The van der Waals surface area contributed by atoms with Crippen LogP contribution in [0.3, 0.4) is 0 Å². The van der Waals surface area contributed by atoms with Gasteiger partial charge < -0.3 is 40.7 Å². The number of ether oxygens (including phenoxy) is 2. The van der Waals surface area contributed by atoms with E-state index >= 15 is 4.79 Å². The molecule has 2 aliphatic carbocycles. The topological polar surface area (TPSA) is 225 Å². The van der Waals surface area contributed by atoms with Gasteiger partial charge in [0.1, 0.15) is 40.9 Å². The summed E-state index contributed by atoms with van der Waals surface area (Å²) in [4.78, 5) is 68.2. The van der Waals surface area contributed by atoms with Crippen LogP contribution in [0.25, 0.3) is 22.3 Å². The molecule has 4 amide bonds. The van der Waals surface area contributed by atoms with Crippen LogP contribution in [0.5, 0.6) is 11.5 Å². The molecule has 1 aromatic carbocycles. The molecule has 4 fully saturated rings. The second kappa shape index (κ2) is 21.3. The number of amides is 4. The number of nitrogens with one attached hydrogen (secondary N) is 4. The molecule has 3 aromatic rings. The zero-order valence-corrected chi connectivity index (χ0v) is 43.0. The smallest absolute Gasteiger partial charge is 0.330 e. The number of urea groups is 1. The van der Waals surface area contributed by atoms with E-state index in [9.17, 15) is 27.9 Å². The van der Waals surface area contributed by atoms with Crippen molar-refractivity contribution in [3.63, 3.8) is 0 Å². The Morgan fingerprint density at radius 1 is 1.00 bits per heavy atom. The molecule has 8 rings (SSSR count). The van der Waals surface area contributed by atoms with E-state index in [4.69, 9.17) is 19.4 Å². The number of aromatic nitrogens is 2. The van der Waals surface area contributed by atoms with Crippen LogP contribution in [0.15, 0.2) is 41.8 Å². The van der Waals surface area contributed by atoms with Gasteiger partial charge >= 0.3 is 12.0 Å². The zero-order valence-electron chi connectivity index (χ0n) is 41.4. The number of methoxy groups -OCH3 is 1. The molecule has 5 N–H and O–H groups in total. The van der Waals surface area contributed by atoms with Crippen LogP contribution in [0.1, 0.15) is 118 Å². The van der Waals surface area contributed by atoms with Gasteiger partial charge in [0.05, 0.1) is 24.9 Å². The molecule has 3 aliphatic heterocycles. The minimum absolute atomic E-state index is 0.0333. The van der Waals surface area contributed by atoms with Gasteiger partial charge in [-0.3, -0.25) is 9.59 Å². The highest BCUT2D eigenvalue weighted by atomic mass is 32.2. The number of fused-ring (bicyclic) bond motifs is 3. The Bertz CT molecular complexity index is 2550. The predicted molar refractivity (Wildman–Crippen MR) is 269 cm³/mol. The molecule has 20 heteroatoms. The lowest BCUT2D eigenvalue weighted by Crippen LogP contribution is -2.61. The number of hydrogen-bond acceptors (Lipinski definition) is 12. The van der Waals surface area contributed by atoms with Crippen LogP contribution in [-0.4, -0.2) is 136 Å². The second-order valence-electron chi connectivity index (χ2n) is 20.7. The van der Waals surface area contributed by atoms with Gasteiger partial charge in [-0.05, 0) is 90.2 Å². The number of anilines is 1. The van der Waals surface area contributed by atoms with Crippen molar-refractivity contribution in [1.29, 1.82) is 0 Å². The average Bonchev–Trinajstić information content (AvgIpc) is 3.57. The number of carboxylic acid groups (broad SMARTS) is 1. The summed E-state index contributed by atoms with van der Waals surface area (Å²) in [7, 11) is -2.21. The summed E-state index contributed by atoms with van der Waals surface area (Å²) >= 11 is 1.46. The second-order valence-corrected chi connectivity index (χ2v) is 23.5. The number of allylic oxidation sites excluding steroid dienone is 1. The third-order valence-corrected chi connectivity index (χ3v) is 17.8. The average molecular weight is 1010 g/mol. The third-order valence-electron chi connectivity index (χ3n) is 14.9. The molecule has 2 saturated heterocycles. The van der Waals surface area contributed by atoms with Gasteiger partial charge in [-0.1, -0.05) is 51.2 Å². The van der Waals surface area contributed by atoms with Crippen molar-refractivity contribution in [3.8, 4) is 22.9 Å². The standard InChI is InChI=1S/C50H71N9O9S2/c1-31(2)51-48-54-40(30-69-48)39-26-42(36-19-18-34(67-6)24-38(36)52-39)68-35-25-41-44(60)56-50(46(62)63)27-33(50)16-11-8-7-9-12-17-37(45(61)58(41)28-35)53-47(64)55-43(49(5)20-13-10-14-21-49)29-57-22-15-23-59(32(3)4)70(57,65)66/h11,16,18-19,24,26,30-33,35,37,41,43H,7-10,12-15,17,20-23,25,27-29H2,1-6H3,(H,51,54)(H,56,60)(H,62,63)(H2,53,55,64)/b16-11-/t33?,35-,37-,41+,43-,50-/m1/s1. The van der Waals surface area contributed by atoms with E-state index in [1.54, 1.807) is 25.3 Å². The van der Waals surface area contributed by atoms with Crippen LogP contribution < -0.4 is 30.7 Å². The molecule has 5 heterocycles. The Morgan fingerprint density at radius 2 is 1.77 bits per heavy atom. The first-order chi connectivity index (χ1) is 33.4. The van der Waals surface area contributed by atoms with Crippen LogP contribution in [0, 0.1) is 11.3 Å². The molecule has 18 nitrogen and oxygen atoms in total. The van der Waals surface area contributed by atoms with E-state index in [2.05, 4.69) is 28.2 Å². The maximum Gasteiger partial charge on any atom is 0.330 e. The molecule has 0 spiro atoms. The molecule has 2 saturated carbocycles. The van der Waals surface area contributed by atoms with Crippen molar-refractivity contribution in [2.45, 2.75) is 160 Å². The van der Waals surface area contributed by atoms with E-state index in [0.29, 0.717) is 66.1 Å². The molecule has 2 aromatic heterocycles. The number of nitrogens with zero attached hydrogens (tertiary/aromatic N) is 5. The molecule has 1 unspecified atom stereocenters. The van der Waals surface area contributed by atoms with Gasteiger partial charge in [-0.25, -0.2) is 19.6 Å². The highest BCUT2D eigenvalue weighted by Crippen LogP contribution is 2.46. The van der Waals surface area contributed by atoms with Crippen LogP contribution in [-0.2, 0) is 24.6 Å².